The third kappa shape index (κ3) is 4.40. The van der Waals surface area contributed by atoms with Crippen molar-refractivity contribution in [3.8, 4) is 33.6 Å². The quantitative estimate of drug-likeness (QED) is 0.193. The third-order valence-corrected chi connectivity index (χ3v) is 9.33. The first kappa shape index (κ1) is 27.4. The average molecular weight is 605 g/mol. The van der Waals surface area contributed by atoms with Gasteiger partial charge in [-0.1, -0.05) is 109 Å². The second-order valence-electron chi connectivity index (χ2n) is 12.0. The van der Waals surface area contributed by atoms with Crippen LogP contribution in [0.5, 0.6) is 0 Å². The summed E-state index contributed by atoms with van der Waals surface area (Å²) in [5.41, 5.74) is 11.0. The molecule has 0 spiro atoms. The summed E-state index contributed by atoms with van der Waals surface area (Å²) in [6.07, 6.45) is 0. The van der Waals surface area contributed by atoms with E-state index in [1.54, 1.807) is 0 Å². The van der Waals surface area contributed by atoms with Crippen molar-refractivity contribution in [3.63, 3.8) is 0 Å². The zero-order valence-corrected chi connectivity index (χ0v) is 25.5. The van der Waals surface area contributed by atoms with Crippen LogP contribution in [0.3, 0.4) is 0 Å². The predicted molar refractivity (Wildman–Crippen MR) is 196 cm³/mol. The van der Waals surface area contributed by atoms with Gasteiger partial charge >= 0.3 is 7.12 Å². The van der Waals surface area contributed by atoms with Gasteiger partial charge in [0.25, 0.3) is 0 Å². The SMILES string of the molecule is OB(O)c1cc(-c2ccc3c(c2)c2ccccc2n3-c2ccccc2)cc2c1c1ccccc1n2-c1ccc(-c2ccccc2)cc1. The number of nitrogens with zero attached hydrogens (tertiary/aromatic N) is 2. The summed E-state index contributed by atoms with van der Waals surface area (Å²) in [6, 6.07) is 56.7. The van der Waals surface area contributed by atoms with Gasteiger partial charge in [0.1, 0.15) is 0 Å². The number of fused-ring (bicyclic) bond motifs is 6. The first-order valence-electron chi connectivity index (χ1n) is 15.8. The maximum atomic E-state index is 10.8. The molecule has 9 rings (SSSR count). The van der Waals surface area contributed by atoms with Crippen LogP contribution in [0.25, 0.3) is 77.2 Å². The molecular formula is C42H29BN2O2. The molecule has 0 aliphatic carbocycles. The molecule has 4 nitrogen and oxygen atoms in total. The van der Waals surface area contributed by atoms with Crippen molar-refractivity contribution in [1.29, 1.82) is 0 Å². The van der Waals surface area contributed by atoms with E-state index in [0.29, 0.717) is 5.46 Å². The van der Waals surface area contributed by atoms with Crippen LogP contribution in [0.2, 0.25) is 0 Å². The summed E-state index contributed by atoms with van der Waals surface area (Å²) >= 11 is 0. The van der Waals surface area contributed by atoms with Crippen molar-refractivity contribution in [1.82, 2.24) is 9.13 Å². The molecule has 0 aliphatic rings. The number of hydrogen-bond donors (Lipinski definition) is 2. The zero-order valence-electron chi connectivity index (χ0n) is 25.5. The van der Waals surface area contributed by atoms with Gasteiger partial charge in [0, 0.05) is 32.9 Å². The maximum absolute atomic E-state index is 10.8. The highest BCUT2D eigenvalue weighted by Crippen LogP contribution is 2.38. The van der Waals surface area contributed by atoms with Crippen molar-refractivity contribution in [3.05, 3.63) is 164 Å². The van der Waals surface area contributed by atoms with Crippen LogP contribution in [0, 0.1) is 0 Å². The molecule has 0 saturated heterocycles. The average Bonchev–Trinajstić information content (AvgIpc) is 3.64. The molecule has 0 aliphatic heterocycles. The Morgan fingerprint density at radius 2 is 0.894 bits per heavy atom. The maximum Gasteiger partial charge on any atom is 0.489 e. The van der Waals surface area contributed by atoms with Gasteiger partial charge < -0.3 is 19.2 Å². The fourth-order valence-electron chi connectivity index (χ4n) is 7.22. The smallest absolute Gasteiger partial charge is 0.423 e. The lowest BCUT2D eigenvalue weighted by Gasteiger charge is -2.13. The fraction of sp³-hybridized carbons (Fsp3) is 0. The fourth-order valence-corrected chi connectivity index (χ4v) is 7.22. The van der Waals surface area contributed by atoms with E-state index >= 15 is 0 Å². The van der Waals surface area contributed by atoms with Crippen molar-refractivity contribution in [2.45, 2.75) is 0 Å². The highest BCUT2D eigenvalue weighted by Gasteiger charge is 2.23. The first-order chi connectivity index (χ1) is 23.2. The van der Waals surface area contributed by atoms with Gasteiger partial charge in [-0.25, -0.2) is 0 Å². The first-order valence-corrected chi connectivity index (χ1v) is 15.8. The topological polar surface area (TPSA) is 50.3 Å². The minimum atomic E-state index is -1.64. The standard InChI is InChI=1S/C42H29BN2O2/c46-43(47)37-26-31(30-21-24-40-36(25-30)34-15-7-9-17-38(34)44(40)32-13-5-2-6-14-32)27-41-42(37)35-16-8-10-18-39(35)45(41)33-22-19-29(20-23-33)28-11-3-1-4-12-28/h1-27,46-47H. The van der Waals surface area contributed by atoms with Crippen LogP contribution >= 0.6 is 0 Å². The van der Waals surface area contributed by atoms with Crippen LogP contribution in [-0.2, 0) is 0 Å². The number of rotatable bonds is 5. The lowest BCUT2D eigenvalue weighted by Crippen LogP contribution is -2.30. The molecule has 9 aromatic rings. The highest BCUT2D eigenvalue weighted by molar-refractivity contribution is 6.63. The Balaban J connectivity index is 1.28. The van der Waals surface area contributed by atoms with Gasteiger partial charge in [-0.3, -0.25) is 0 Å². The molecule has 0 unspecified atom stereocenters. The molecular weight excluding hydrogens is 575 g/mol. The summed E-state index contributed by atoms with van der Waals surface area (Å²) in [6.45, 7) is 0. The Morgan fingerprint density at radius 3 is 1.62 bits per heavy atom. The monoisotopic (exact) mass is 604 g/mol. The van der Waals surface area contributed by atoms with E-state index in [9.17, 15) is 10.0 Å². The molecule has 47 heavy (non-hydrogen) atoms. The van der Waals surface area contributed by atoms with Gasteiger partial charge in [0.2, 0.25) is 0 Å². The molecule has 7 aromatic carbocycles. The molecule has 2 N–H and O–H groups in total. The minimum absolute atomic E-state index is 0.486. The molecule has 0 atom stereocenters. The number of benzene rings is 7. The van der Waals surface area contributed by atoms with Gasteiger partial charge in [0.05, 0.1) is 22.1 Å². The molecule has 5 heteroatoms. The van der Waals surface area contributed by atoms with Crippen molar-refractivity contribution in [2.75, 3.05) is 0 Å². The molecule has 0 fully saturated rings. The normalized spacial score (nSPS) is 11.6. The molecule has 2 aromatic heterocycles. The van der Waals surface area contributed by atoms with Crippen LogP contribution in [0.15, 0.2) is 164 Å². The molecule has 0 bridgehead atoms. The van der Waals surface area contributed by atoms with Crippen LogP contribution in [-0.4, -0.2) is 26.3 Å². The van der Waals surface area contributed by atoms with E-state index in [0.717, 1.165) is 66.3 Å². The molecule has 0 radical (unpaired) electrons. The van der Waals surface area contributed by atoms with E-state index in [1.165, 1.54) is 10.9 Å². The Hall–Kier alpha value is -5.88. The molecule has 222 valence electrons. The van der Waals surface area contributed by atoms with Gasteiger partial charge in [-0.15, -0.1) is 0 Å². The van der Waals surface area contributed by atoms with E-state index in [-0.39, 0.29) is 0 Å². The van der Waals surface area contributed by atoms with E-state index in [4.69, 9.17) is 0 Å². The molecule has 2 heterocycles. The second-order valence-corrected chi connectivity index (χ2v) is 12.0. The number of hydrogen-bond acceptors (Lipinski definition) is 2. The summed E-state index contributed by atoms with van der Waals surface area (Å²) in [7, 11) is -1.64. The molecule has 0 amide bonds. The van der Waals surface area contributed by atoms with Crippen molar-refractivity contribution >= 4 is 56.2 Å². The Bertz CT molecular complexity index is 2590. The number of para-hydroxylation sites is 3. The summed E-state index contributed by atoms with van der Waals surface area (Å²) in [5.74, 6) is 0. The largest absolute Gasteiger partial charge is 0.489 e. The summed E-state index contributed by atoms with van der Waals surface area (Å²) in [5, 5.41) is 25.7. The second kappa shape index (κ2) is 10.9. The lowest BCUT2D eigenvalue weighted by atomic mass is 9.76. The molecule has 0 saturated carbocycles. The van der Waals surface area contributed by atoms with Crippen molar-refractivity contribution < 1.29 is 10.0 Å². The van der Waals surface area contributed by atoms with Gasteiger partial charge in [-0.2, -0.15) is 0 Å². The highest BCUT2D eigenvalue weighted by atomic mass is 16.4. The van der Waals surface area contributed by atoms with Crippen LogP contribution < -0.4 is 5.46 Å². The zero-order chi connectivity index (χ0) is 31.5. The van der Waals surface area contributed by atoms with E-state index in [2.05, 4.69) is 143 Å². The summed E-state index contributed by atoms with van der Waals surface area (Å²) < 4.78 is 4.53. The summed E-state index contributed by atoms with van der Waals surface area (Å²) in [4.78, 5) is 0. The van der Waals surface area contributed by atoms with Crippen LogP contribution in [0.1, 0.15) is 0 Å². The van der Waals surface area contributed by atoms with Crippen molar-refractivity contribution in [2.24, 2.45) is 0 Å². The predicted octanol–water partition coefficient (Wildman–Crippen LogP) is 8.89. The van der Waals surface area contributed by atoms with Gasteiger partial charge in [-0.05, 0) is 82.3 Å². The third-order valence-electron chi connectivity index (χ3n) is 9.33. The number of aromatic nitrogens is 2. The van der Waals surface area contributed by atoms with E-state index in [1.807, 2.05) is 30.3 Å². The minimum Gasteiger partial charge on any atom is -0.423 e. The van der Waals surface area contributed by atoms with Crippen LogP contribution in [0.4, 0.5) is 0 Å². The lowest BCUT2D eigenvalue weighted by molar-refractivity contribution is 0.426. The Labute approximate surface area is 272 Å². The Morgan fingerprint density at radius 1 is 0.362 bits per heavy atom. The van der Waals surface area contributed by atoms with E-state index < -0.39 is 7.12 Å². The van der Waals surface area contributed by atoms with Gasteiger partial charge in [0.15, 0.2) is 0 Å². The Kier molecular flexibility index (Phi) is 6.35.